The lowest BCUT2D eigenvalue weighted by molar-refractivity contribution is 0.0526. The number of ether oxygens (including phenoxy) is 1. The first-order chi connectivity index (χ1) is 10.1. The summed E-state index contributed by atoms with van der Waals surface area (Å²) in [5.74, 6) is -0.888. The van der Waals surface area contributed by atoms with Crippen molar-refractivity contribution in [2.24, 2.45) is 0 Å². The molecule has 0 bridgehead atoms. The Labute approximate surface area is 120 Å². The number of aryl methyl sites for hydroxylation is 1. The molecule has 0 aliphatic rings. The van der Waals surface area contributed by atoms with Gasteiger partial charge in [0.25, 0.3) is 0 Å². The molecule has 0 saturated heterocycles. The lowest BCUT2D eigenvalue weighted by Crippen LogP contribution is -2.05. The highest BCUT2D eigenvalue weighted by molar-refractivity contribution is 6.17. The SMILES string of the molecule is CCOC(=O)c1c(C)oc2c1c(O)c(O)c1ccccc12. The molecule has 3 aromatic rings. The van der Waals surface area contributed by atoms with E-state index in [1.54, 1.807) is 38.1 Å². The van der Waals surface area contributed by atoms with E-state index in [-0.39, 0.29) is 29.1 Å². The van der Waals surface area contributed by atoms with Gasteiger partial charge in [-0.1, -0.05) is 24.3 Å². The van der Waals surface area contributed by atoms with E-state index >= 15 is 0 Å². The molecule has 0 aliphatic heterocycles. The maximum absolute atomic E-state index is 12.1. The molecule has 3 rings (SSSR count). The zero-order valence-corrected chi connectivity index (χ0v) is 11.6. The Kier molecular flexibility index (Phi) is 2.97. The molecular weight excluding hydrogens is 272 g/mol. The minimum absolute atomic E-state index is 0.144. The average Bonchev–Trinajstić information content (AvgIpc) is 2.83. The lowest BCUT2D eigenvalue weighted by Gasteiger charge is -2.06. The van der Waals surface area contributed by atoms with Crippen molar-refractivity contribution in [2.45, 2.75) is 13.8 Å². The maximum atomic E-state index is 12.1. The standard InChI is InChI=1S/C16H14O5/c1-3-20-16(19)11-8(2)21-15-10-7-5-4-6-9(10)13(17)14(18)12(11)15/h4-7,17-18H,3H2,1-2H3. The predicted octanol–water partition coefficient (Wildman–Crippen LogP) is 3.48. The first-order valence-electron chi connectivity index (χ1n) is 6.59. The average molecular weight is 286 g/mol. The van der Waals surface area contributed by atoms with E-state index in [1.807, 2.05) is 0 Å². The second-order valence-corrected chi connectivity index (χ2v) is 4.70. The number of benzene rings is 2. The topological polar surface area (TPSA) is 79.9 Å². The van der Waals surface area contributed by atoms with Gasteiger partial charge in [0.1, 0.15) is 16.9 Å². The van der Waals surface area contributed by atoms with Gasteiger partial charge in [-0.25, -0.2) is 4.79 Å². The van der Waals surface area contributed by atoms with Crippen molar-refractivity contribution in [1.29, 1.82) is 0 Å². The summed E-state index contributed by atoms with van der Waals surface area (Å²) in [6, 6.07) is 6.97. The van der Waals surface area contributed by atoms with Crippen molar-refractivity contribution >= 4 is 27.7 Å². The molecule has 0 atom stereocenters. The molecule has 1 heterocycles. The minimum atomic E-state index is -0.585. The third kappa shape index (κ3) is 1.81. The molecular formula is C16H14O5. The highest BCUT2D eigenvalue weighted by Crippen LogP contribution is 2.45. The fourth-order valence-corrected chi connectivity index (χ4v) is 2.54. The molecule has 0 saturated carbocycles. The van der Waals surface area contributed by atoms with E-state index in [2.05, 4.69) is 0 Å². The number of rotatable bonds is 2. The van der Waals surface area contributed by atoms with Gasteiger partial charge in [0.05, 0.1) is 12.0 Å². The van der Waals surface area contributed by atoms with Crippen LogP contribution in [0.5, 0.6) is 11.5 Å². The number of fused-ring (bicyclic) bond motifs is 3. The Balaban J connectivity index is 2.48. The van der Waals surface area contributed by atoms with Gasteiger partial charge in [0, 0.05) is 10.8 Å². The van der Waals surface area contributed by atoms with Gasteiger partial charge < -0.3 is 19.4 Å². The lowest BCUT2D eigenvalue weighted by atomic mass is 10.0. The van der Waals surface area contributed by atoms with Crippen molar-refractivity contribution in [2.75, 3.05) is 6.61 Å². The van der Waals surface area contributed by atoms with Crippen molar-refractivity contribution in [3.05, 3.63) is 35.6 Å². The van der Waals surface area contributed by atoms with Crippen LogP contribution in [0.1, 0.15) is 23.0 Å². The molecule has 5 nitrogen and oxygen atoms in total. The van der Waals surface area contributed by atoms with E-state index in [1.165, 1.54) is 0 Å². The number of phenolic OH excluding ortho intramolecular Hbond substituents is 2. The predicted molar refractivity (Wildman–Crippen MR) is 77.7 cm³/mol. The quantitative estimate of drug-likeness (QED) is 0.557. The van der Waals surface area contributed by atoms with E-state index in [4.69, 9.17) is 9.15 Å². The maximum Gasteiger partial charge on any atom is 0.342 e. The van der Waals surface area contributed by atoms with Crippen molar-refractivity contribution in [1.82, 2.24) is 0 Å². The van der Waals surface area contributed by atoms with Gasteiger partial charge in [0.15, 0.2) is 11.5 Å². The zero-order valence-electron chi connectivity index (χ0n) is 11.6. The van der Waals surface area contributed by atoms with Gasteiger partial charge in [0.2, 0.25) is 0 Å². The molecule has 0 spiro atoms. The van der Waals surface area contributed by atoms with Crippen molar-refractivity contribution in [3.63, 3.8) is 0 Å². The number of carbonyl (C=O) groups is 1. The third-order valence-corrected chi connectivity index (χ3v) is 3.45. The Bertz CT molecular complexity index is 860. The molecule has 21 heavy (non-hydrogen) atoms. The van der Waals surface area contributed by atoms with Crippen LogP contribution in [0.15, 0.2) is 28.7 Å². The highest BCUT2D eigenvalue weighted by atomic mass is 16.5. The number of hydrogen-bond acceptors (Lipinski definition) is 5. The molecule has 108 valence electrons. The number of hydrogen-bond donors (Lipinski definition) is 2. The molecule has 0 radical (unpaired) electrons. The van der Waals surface area contributed by atoms with Gasteiger partial charge in [-0.15, -0.1) is 0 Å². The summed E-state index contributed by atoms with van der Waals surface area (Å²) < 4.78 is 10.6. The summed E-state index contributed by atoms with van der Waals surface area (Å²) in [6.07, 6.45) is 0. The van der Waals surface area contributed by atoms with Crippen LogP contribution in [0.2, 0.25) is 0 Å². The van der Waals surface area contributed by atoms with Crippen LogP contribution in [0.4, 0.5) is 0 Å². The van der Waals surface area contributed by atoms with Crippen LogP contribution in [-0.4, -0.2) is 22.8 Å². The third-order valence-electron chi connectivity index (χ3n) is 3.45. The van der Waals surface area contributed by atoms with Gasteiger partial charge in [-0.05, 0) is 13.8 Å². The molecule has 0 fully saturated rings. The van der Waals surface area contributed by atoms with Gasteiger partial charge in [-0.2, -0.15) is 0 Å². The number of carbonyl (C=O) groups excluding carboxylic acids is 1. The van der Waals surface area contributed by atoms with Crippen LogP contribution >= 0.6 is 0 Å². The van der Waals surface area contributed by atoms with Gasteiger partial charge >= 0.3 is 5.97 Å². The molecule has 2 aromatic carbocycles. The fraction of sp³-hybridized carbons (Fsp3) is 0.188. The first-order valence-corrected chi connectivity index (χ1v) is 6.59. The Morgan fingerprint density at radius 1 is 1.19 bits per heavy atom. The van der Waals surface area contributed by atoms with E-state index in [9.17, 15) is 15.0 Å². The molecule has 2 N–H and O–H groups in total. The molecule has 1 aromatic heterocycles. The summed E-state index contributed by atoms with van der Waals surface area (Å²) in [7, 11) is 0. The number of aromatic hydroxyl groups is 2. The number of phenols is 2. The molecule has 5 heteroatoms. The molecule has 0 amide bonds. The highest BCUT2D eigenvalue weighted by Gasteiger charge is 2.26. The van der Waals surface area contributed by atoms with Crippen LogP contribution in [0.25, 0.3) is 21.7 Å². The Hall–Kier alpha value is -2.69. The first kappa shape index (κ1) is 13.3. The molecule has 0 unspecified atom stereocenters. The Morgan fingerprint density at radius 2 is 1.86 bits per heavy atom. The number of esters is 1. The summed E-state index contributed by atoms with van der Waals surface area (Å²) in [4.78, 5) is 12.1. The fourth-order valence-electron chi connectivity index (χ4n) is 2.54. The van der Waals surface area contributed by atoms with E-state index in [0.717, 1.165) is 0 Å². The zero-order chi connectivity index (χ0) is 15.1. The summed E-state index contributed by atoms with van der Waals surface area (Å²) in [5, 5.41) is 21.7. The van der Waals surface area contributed by atoms with Crippen LogP contribution in [0.3, 0.4) is 0 Å². The summed E-state index contributed by atoms with van der Waals surface area (Å²) in [5.41, 5.74) is 0.506. The van der Waals surface area contributed by atoms with E-state index in [0.29, 0.717) is 22.1 Å². The Morgan fingerprint density at radius 3 is 2.52 bits per heavy atom. The van der Waals surface area contributed by atoms with E-state index < -0.39 is 5.97 Å². The smallest absolute Gasteiger partial charge is 0.342 e. The second-order valence-electron chi connectivity index (χ2n) is 4.70. The van der Waals surface area contributed by atoms with Crippen molar-refractivity contribution in [3.8, 4) is 11.5 Å². The number of furan rings is 1. The van der Waals surface area contributed by atoms with Crippen LogP contribution in [-0.2, 0) is 4.74 Å². The monoisotopic (exact) mass is 286 g/mol. The normalized spacial score (nSPS) is 11.1. The van der Waals surface area contributed by atoms with Crippen LogP contribution in [0, 0.1) is 6.92 Å². The largest absolute Gasteiger partial charge is 0.504 e. The minimum Gasteiger partial charge on any atom is -0.504 e. The summed E-state index contributed by atoms with van der Waals surface area (Å²) >= 11 is 0. The second kappa shape index (κ2) is 4.70. The van der Waals surface area contributed by atoms with Crippen molar-refractivity contribution < 1.29 is 24.2 Å². The van der Waals surface area contributed by atoms with Gasteiger partial charge in [-0.3, -0.25) is 0 Å². The molecule has 0 aliphatic carbocycles. The summed E-state index contributed by atoms with van der Waals surface area (Å²) in [6.45, 7) is 3.53. The van der Waals surface area contributed by atoms with Crippen LogP contribution < -0.4 is 0 Å².